The van der Waals surface area contributed by atoms with Crippen molar-refractivity contribution in [1.29, 1.82) is 0 Å². The van der Waals surface area contributed by atoms with E-state index in [-0.39, 0.29) is 10.6 Å². The van der Waals surface area contributed by atoms with Gasteiger partial charge in [-0.3, -0.25) is 4.79 Å². The second-order valence-electron chi connectivity index (χ2n) is 6.18. The Morgan fingerprint density at radius 2 is 2.38 bits per heavy atom. The van der Waals surface area contributed by atoms with Gasteiger partial charge in [0.05, 0.1) is 11.9 Å². The largest absolute Gasteiger partial charge is 0.382 e. The molecule has 6 heteroatoms. The highest BCUT2D eigenvalue weighted by Crippen LogP contribution is 2.18. The Hall–Kier alpha value is -1.07. The smallest absolute Gasteiger partial charge is 0.287 e. The van der Waals surface area contributed by atoms with E-state index in [4.69, 9.17) is 11.6 Å². The molecule has 0 spiro atoms. The first kappa shape index (κ1) is 16.3. The molecular formula is C15H25ClN4O. The van der Waals surface area contributed by atoms with E-state index in [1.807, 2.05) is 13.8 Å². The van der Waals surface area contributed by atoms with Gasteiger partial charge < -0.3 is 10.6 Å². The second-order valence-corrected chi connectivity index (χ2v) is 6.56. The molecule has 118 valence electrons. The van der Waals surface area contributed by atoms with Gasteiger partial charge in [-0.1, -0.05) is 25.4 Å². The maximum Gasteiger partial charge on any atom is 0.287 e. The normalized spacial score (nSPS) is 19.0. The summed E-state index contributed by atoms with van der Waals surface area (Å²) in [5.41, 5.74) is 0.431. The van der Waals surface area contributed by atoms with Gasteiger partial charge in [0, 0.05) is 13.1 Å². The Balaban J connectivity index is 1.91. The van der Waals surface area contributed by atoms with Gasteiger partial charge in [0.25, 0.3) is 5.56 Å². The van der Waals surface area contributed by atoms with Crippen LogP contribution in [-0.2, 0) is 6.54 Å². The lowest BCUT2D eigenvalue weighted by Gasteiger charge is -2.22. The maximum absolute atomic E-state index is 12.1. The first-order valence-electron chi connectivity index (χ1n) is 7.78. The van der Waals surface area contributed by atoms with Crippen LogP contribution < -0.4 is 16.2 Å². The van der Waals surface area contributed by atoms with Gasteiger partial charge in [0.15, 0.2) is 0 Å². The number of aromatic nitrogens is 2. The molecule has 1 atom stereocenters. The lowest BCUT2D eigenvalue weighted by Crippen LogP contribution is -2.31. The lowest BCUT2D eigenvalue weighted by molar-refractivity contribution is 0.364. The second kappa shape index (κ2) is 7.80. The van der Waals surface area contributed by atoms with Crippen LogP contribution in [-0.4, -0.2) is 29.4 Å². The van der Waals surface area contributed by atoms with Crippen molar-refractivity contribution in [1.82, 2.24) is 15.1 Å². The summed E-state index contributed by atoms with van der Waals surface area (Å²) in [5, 5.41) is 11.1. The molecule has 2 N–H and O–H groups in total. The Labute approximate surface area is 131 Å². The van der Waals surface area contributed by atoms with E-state index in [2.05, 4.69) is 15.7 Å². The van der Waals surface area contributed by atoms with Gasteiger partial charge in [-0.25, -0.2) is 4.68 Å². The quantitative estimate of drug-likeness (QED) is 0.846. The lowest BCUT2D eigenvalue weighted by atomic mass is 9.96. The van der Waals surface area contributed by atoms with E-state index in [1.54, 1.807) is 6.20 Å². The number of nitrogens with zero attached hydrogens (tertiary/aromatic N) is 2. The fourth-order valence-electron chi connectivity index (χ4n) is 2.65. The van der Waals surface area contributed by atoms with Crippen LogP contribution in [0.3, 0.4) is 0 Å². The number of hydrogen-bond acceptors (Lipinski definition) is 4. The summed E-state index contributed by atoms with van der Waals surface area (Å²) in [6.45, 7) is 7.73. The van der Waals surface area contributed by atoms with E-state index in [0.29, 0.717) is 24.1 Å². The first-order chi connectivity index (χ1) is 10.1. The van der Waals surface area contributed by atoms with Crippen molar-refractivity contribution >= 4 is 17.3 Å². The third-order valence-corrected chi connectivity index (χ3v) is 4.16. The SMILES string of the molecule is CC(C)Cn1ncc(NCCC2CCCNC2)c(Cl)c1=O. The maximum atomic E-state index is 12.1. The van der Waals surface area contributed by atoms with Crippen LogP contribution >= 0.6 is 11.6 Å². The molecule has 0 amide bonds. The number of hydrogen-bond donors (Lipinski definition) is 2. The summed E-state index contributed by atoms with van der Waals surface area (Å²) in [6.07, 6.45) is 5.26. The van der Waals surface area contributed by atoms with Crippen LogP contribution in [0.2, 0.25) is 5.02 Å². The highest BCUT2D eigenvalue weighted by molar-refractivity contribution is 6.32. The number of halogens is 1. The molecule has 0 radical (unpaired) electrons. The zero-order chi connectivity index (χ0) is 15.2. The van der Waals surface area contributed by atoms with Gasteiger partial charge >= 0.3 is 0 Å². The minimum atomic E-state index is -0.213. The summed E-state index contributed by atoms with van der Waals surface area (Å²) in [6, 6.07) is 0. The average Bonchev–Trinajstić information content (AvgIpc) is 2.47. The Kier molecular flexibility index (Phi) is 6.06. The molecule has 0 bridgehead atoms. The van der Waals surface area contributed by atoms with Crippen molar-refractivity contribution in [2.24, 2.45) is 11.8 Å². The molecule has 21 heavy (non-hydrogen) atoms. The Bertz CT molecular complexity index is 509. The Morgan fingerprint density at radius 1 is 1.57 bits per heavy atom. The van der Waals surface area contributed by atoms with E-state index >= 15 is 0 Å². The first-order valence-corrected chi connectivity index (χ1v) is 8.16. The summed E-state index contributed by atoms with van der Waals surface area (Å²) >= 11 is 6.16. The molecule has 2 heterocycles. The average molecular weight is 313 g/mol. The molecule has 5 nitrogen and oxygen atoms in total. The predicted molar refractivity (Wildman–Crippen MR) is 87.0 cm³/mol. The van der Waals surface area contributed by atoms with Gasteiger partial charge in [-0.05, 0) is 44.2 Å². The van der Waals surface area contributed by atoms with Crippen molar-refractivity contribution in [2.75, 3.05) is 25.0 Å². The summed E-state index contributed by atoms with van der Waals surface area (Å²) in [5.74, 6) is 1.07. The molecule has 2 rings (SSSR count). The number of nitrogens with one attached hydrogen (secondary N) is 2. The summed E-state index contributed by atoms with van der Waals surface area (Å²) in [4.78, 5) is 12.1. The van der Waals surface area contributed by atoms with Crippen LogP contribution in [0, 0.1) is 11.8 Å². The van der Waals surface area contributed by atoms with E-state index in [1.165, 1.54) is 17.5 Å². The molecule has 0 aliphatic carbocycles. The van der Waals surface area contributed by atoms with E-state index in [9.17, 15) is 4.79 Å². The third kappa shape index (κ3) is 4.71. The number of rotatable bonds is 6. The monoisotopic (exact) mass is 312 g/mol. The molecule has 1 aromatic rings. The minimum absolute atomic E-state index is 0.213. The number of anilines is 1. The molecule has 1 unspecified atom stereocenters. The molecule has 1 saturated heterocycles. The van der Waals surface area contributed by atoms with Gasteiger partial charge in [0.2, 0.25) is 0 Å². The highest BCUT2D eigenvalue weighted by Gasteiger charge is 2.14. The fraction of sp³-hybridized carbons (Fsp3) is 0.733. The standard InChI is InChI=1S/C15H25ClN4O/c1-11(2)10-20-15(21)14(16)13(9-19-20)18-7-5-12-4-3-6-17-8-12/h9,11-12,17-18H,3-8,10H2,1-2H3. The van der Waals surface area contributed by atoms with Crippen LogP contribution in [0.25, 0.3) is 0 Å². The van der Waals surface area contributed by atoms with Gasteiger partial charge in [-0.2, -0.15) is 5.10 Å². The van der Waals surface area contributed by atoms with Crippen molar-refractivity contribution in [2.45, 2.75) is 39.7 Å². The predicted octanol–water partition coefficient (Wildman–Crippen LogP) is 2.35. The van der Waals surface area contributed by atoms with Crippen molar-refractivity contribution in [3.63, 3.8) is 0 Å². The molecule has 1 aliphatic heterocycles. The Morgan fingerprint density at radius 3 is 3.05 bits per heavy atom. The zero-order valence-electron chi connectivity index (χ0n) is 12.9. The molecule has 1 fully saturated rings. The fourth-order valence-corrected chi connectivity index (χ4v) is 2.86. The van der Waals surface area contributed by atoms with Gasteiger partial charge in [0.1, 0.15) is 5.02 Å². The molecule has 0 aromatic carbocycles. The van der Waals surface area contributed by atoms with Crippen molar-refractivity contribution in [3.8, 4) is 0 Å². The number of piperidine rings is 1. The molecule has 1 aromatic heterocycles. The molecular weight excluding hydrogens is 288 g/mol. The minimum Gasteiger partial charge on any atom is -0.382 e. The summed E-state index contributed by atoms with van der Waals surface area (Å²) < 4.78 is 1.43. The van der Waals surface area contributed by atoms with Crippen LogP contribution in [0.1, 0.15) is 33.1 Å². The summed E-state index contributed by atoms with van der Waals surface area (Å²) in [7, 11) is 0. The topological polar surface area (TPSA) is 59.0 Å². The van der Waals surface area contributed by atoms with Gasteiger partial charge in [-0.15, -0.1) is 0 Å². The van der Waals surface area contributed by atoms with Crippen LogP contribution in [0.5, 0.6) is 0 Å². The van der Waals surface area contributed by atoms with Crippen LogP contribution in [0.15, 0.2) is 11.0 Å². The third-order valence-electron chi connectivity index (χ3n) is 3.79. The highest BCUT2D eigenvalue weighted by atomic mass is 35.5. The zero-order valence-corrected chi connectivity index (χ0v) is 13.6. The molecule has 1 aliphatic rings. The molecule has 0 saturated carbocycles. The van der Waals surface area contributed by atoms with Crippen molar-refractivity contribution in [3.05, 3.63) is 21.6 Å². The van der Waals surface area contributed by atoms with Crippen molar-refractivity contribution < 1.29 is 0 Å². The van der Waals surface area contributed by atoms with Crippen LogP contribution in [0.4, 0.5) is 5.69 Å². The van der Waals surface area contributed by atoms with E-state index < -0.39 is 0 Å². The van der Waals surface area contributed by atoms with E-state index in [0.717, 1.165) is 26.1 Å².